The molecule has 1 aliphatic heterocycles. The van der Waals surface area contributed by atoms with Gasteiger partial charge in [-0.15, -0.1) is 0 Å². The molecule has 0 radical (unpaired) electrons. The van der Waals surface area contributed by atoms with Crippen molar-refractivity contribution >= 4 is 39.8 Å². The SMILES string of the molecule is CC(=C1SC(=S)NC1=O)c1ccc[nH]1. The quantitative estimate of drug-likeness (QED) is 0.565. The minimum atomic E-state index is -0.105. The maximum atomic E-state index is 11.4. The predicted molar refractivity (Wildman–Crippen MR) is 61.7 cm³/mol. The summed E-state index contributed by atoms with van der Waals surface area (Å²) in [6, 6.07) is 3.83. The van der Waals surface area contributed by atoms with Crippen molar-refractivity contribution < 1.29 is 4.79 Å². The van der Waals surface area contributed by atoms with Gasteiger partial charge in [-0.2, -0.15) is 0 Å². The normalized spacial score (nSPS) is 19.8. The van der Waals surface area contributed by atoms with E-state index in [0.717, 1.165) is 11.3 Å². The van der Waals surface area contributed by atoms with Crippen LogP contribution in [0.25, 0.3) is 5.57 Å². The van der Waals surface area contributed by atoms with Crippen LogP contribution in [-0.4, -0.2) is 15.2 Å². The zero-order chi connectivity index (χ0) is 10.1. The Labute approximate surface area is 91.0 Å². The van der Waals surface area contributed by atoms with E-state index >= 15 is 0 Å². The molecule has 1 aromatic heterocycles. The third kappa shape index (κ3) is 1.60. The highest BCUT2D eigenvalue weighted by molar-refractivity contribution is 8.26. The number of aromatic nitrogens is 1. The first-order valence-corrected chi connectivity index (χ1v) is 5.29. The van der Waals surface area contributed by atoms with Crippen LogP contribution >= 0.6 is 24.0 Å². The minimum Gasteiger partial charge on any atom is -0.361 e. The van der Waals surface area contributed by atoms with Gasteiger partial charge in [0.15, 0.2) is 0 Å². The second kappa shape index (κ2) is 3.59. The number of thioether (sulfide) groups is 1. The lowest BCUT2D eigenvalue weighted by Gasteiger charge is -1.99. The van der Waals surface area contributed by atoms with Gasteiger partial charge in [-0.05, 0) is 24.6 Å². The Morgan fingerprint density at radius 1 is 1.57 bits per heavy atom. The average Bonchev–Trinajstić information content (AvgIpc) is 2.73. The van der Waals surface area contributed by atoms with Gasteiger partial charge in [-0.3, -0.25) is 4.79 Å². The number of rotatable bonds is 1. The Kier molecular flexibility index (Phi) is 2.43. The molecule has 2 heterocycles. The lowest BCUT2D eigenvalue weighted by molar-refractivity contribution is -0.115. The van der Waals surface area contributed by atoms with Crippen molar-refractivity contribution in [3.8, 4) is 0 Å². The second-order valence-electron chi connectivity index (χ2n) is 2.88. The van der Waals surface area contributed by atoms with E-state index in [9.17, 15) is 4.79 Å². The van der Waals surface area contributed by atoms with Gasteiger partial charge in [-0.1, -0.05) is 24.0 Å². The number of nitrogens with one attached hydrogen (secondary N) is 2. The van der Waals surface area contributed by atoms with Crippen molar-refractivity contribution in [2.45, 2.75) is 6.92 Å². The molecule has 1 aliphatic rings. The molecule has 1 fully saturated rings. The zero-order valence-electron chi connectivity index (χ0n) is 7.46. The summed E-state index contributed by atoms with van der Waals surface area (Å²) in [7, 11) is 0. The molecular weight excluding hydrogens is 216 g/mol. The number of carbonyl (C=O) groups excluding carboxylic acids is 1. The largest absolute Gasteiger partial charge is 0.361 e. The molecule has 0 atom stereocenters. The number of hydrogen-bond donors (Lipinski definition) is 2. The molecular formula is C9H8N2OS2. The van der Waals surface area contributed by atoms with Crippen molar-refractivity contribution in [3.63, 3.8) is 0 Å². The summed E-state index contributed by atoms with van der Waals surface area (Å²) in [6.45, 7) is 1.90. The number of carbonyl (C=O) groups is 1. The van der Waals surface area contributed by atoms with Crippen LogP contribution in [-0.2, 0) is 4.79 Å². The number of thiocarbonyl (C=S) groups is 1. The summed E-state index contributed by atoms with van der Waals surface area (Å²) < 4.78 is 0.524. The van der Waals surface area contributed by atoms with E-state index in [1.807, 2.05) is 25.3 Å². The number of aromatic amines is 1. The number of H-pyrrole nitrogens is 1. The standard InChI is InChI=1S/C9H8N2OS2/c1-5(6-3-2-4-10-6)7-8(12)11-9(13)14-7/h2-4,10H,1H3,(H,11,12,13). The summed E-state index contributed by atoms with van der Waals surface area (Å²) in [5, 5.41) is 2.59. The third-order valence-electron chi connectivity index (χ3n) is 1.96. The van der Waals surface area contributed by atoms with Gasteiger partial charge >= 0.3 is 0 Å². The third-order valence-corrected chi connectivity index (χ3v) is 3.29. The molecule has 5 heteroatoms. The molecule has 2 rings (SSSR count). The Bertz CT molecular complexity index is 420. The van der Waals surface area contributed by atoms with Crippen molar-refractivity contribution in [1.29, 1.82) is 0 Å². The van der Waals surface area contributed by atoms with Crippen molar-refractivity contribution in [3.05, 3.63) is 28.9 Å². The van der Waals surface area contributed by atoms with Crippen molar-refractivity contribution in [2.75, 3.05) is 0 Å². The van der Waals surface area contributed by atoms with Crippen LogP contribution in [0.1, 0.15) is 12.6 Å². The summed E-state index contributed by atoms with van der Waals surface area (Å²) >= 11 is 6.22. The smallest absolute Gasteiger partial charge is 0.263 e. The first kappa shape index (κ1) is 9.48. The van der Waals surface area contributed by atoms with Crippen LogP contribution in [0, 0.1) is 0 Å². The molecule has 14 heavy (non-hydrogen) atoms. The van der Waals surface area contributed by atoms with Gasteiger partial charge < -0.3 is 10.3 Å². The van der Waals surface area contributed by atoms with Gasteiger partial charge in [0.1, 0.15) is 4.32 Å². The highest BCUT2D eigenvalue weighted by Gasteiger charge is 2.24. The van der Waals surface area contributed by atoms with Crippen molar-refractivity contribution in [1.82, 2.24) is 10.3 Å². The molecule has 0 saturated carbocycles. The van der Waals surface area contributed by atoms with Gasteiger partial charge in [0.05, 0.1) is 4.91 Å². The summed E-state index contributed by atoms with van der Waals surface area (Å²) in [6.07, 6.45) is 1.83. The fourth-order valence-corrected chi connectivity index (χ4v) is 2.33. The second-order valence-corrected chi connectivity index (χ2v) is 4.57. The number of amides is 1. The molecule has 0 aliphatic carbocycles. The summed E-state index contributed by atoms with van der Waals surface area (Å²) in [4.78, 5) is 15.2. The molecule has 0 aromatic carbocycles. The summed E-state index contributed by atoms with van der Waals surface area (Å²) in [5.74, 6) is -0.105. The maximum Gasteiger partial charge on any atom is 0.263 e. The average molecular weight is 224 g/mol. The van der Waals surface area contributed by atoms with Gasteiger partial charge in [-0.25, -0.2) is 0 Å². The topological polar surface area (TPSA) is 44.9 Å². The van der Waals surface area contributed by atoms with E-state index in [0.29, 0.717) is 9.23 Å². The lowest BCUT2D eigenvalue weighted by Crippen LogP contribution is -2.18. The molecule has 0 unspecified atom stereocenters. The maximum absolute atomic E-state index is 11.4. The minimum absolute atomic E-state index is 0.105. The van der Waals surface area contributed by atoms with E-state index in [1.54, 1.807) is 0 Å². The first-order valence-electron chi connectivity index (χ1n) is 4.06. The first-order chi connectivity index (χ1) is 6.68. The zero-order valence-corrected chi connectivity index (χ0v) is 9.09. The van der Waals surface area contributed by atoms with Crippen LogP contribution in [0.5, 0.6) is 0 Å². The molecule has 1 amide bonds. The molecule has 1 saturated heterocycles. The molecule has 0 bridgehead atoms. The van der Waals surface area contributed by atoms with Gasteiger partial charge in [0.25, 0.3) is 5.91 Å². The van der Waals surface area contributed by atoms with Crippen LogP contribution < -0.4 is 5.32 Å². The monoisotopic (exact) mass is 224 g/mol. The van der Waals surface area contributed by atoms with E-state index in [1.165, 1.54) is 11.8 Å². The Morgan fingerprint density at radius 3 is 2.86 bits per heavy atom. The van der Waals surface area contributed by atoms with Crippen LogP contribution in [0.2, 0.25) is 0 Å². The molecule has 72 valence electrons. The molecule has 0 spiro atoms. The highest BCUT2D eigenvalue weighted by atomic mass is 32.2. The number of hydrogen-bond acceptors (Lipinski definition) is 3. The summed E-state index contributed by atoms with van der Waals surface area (Å²) in [5.41, 5.74) is 1.88. The molecule has 1 aromatic rings. The van der Waals surface area contributed by atoms with E-state index in [2.05, 4.69) is 10.3 Å². The highest BCUT2D eigenvalue weighted by Crippen LogP contribution is 2.30. The van der Waals surface area contributed by atoms with Crippen LogP contribution in [0.3, 0.4) is 0 Å². The Hall–Kier alpha value is -1.07. The fraction of sp³-hybridized carbons (Fsp3) is 0.111. The fourth-order valence-electron chi connectivity index (χ4n) is 1.25. The molecule has 3 nitrogen and oxygen atoms in total. The predicted octanol–water partition coefficient (Wildman–Crippen LogP) is 1.89. The molecule has 2 N–H and O–H groups in total. The Balaban J connectivity index is 2.41. The van der Waals surface area contributed by atoms with Crippen molar-refractivity contribution in [2.24, 2.45) is 0 Å². The van der Waals surface area contributed by atoms with Crippen LogP contribution in [0.15, 0.2) is 23.2 Å². The van der Waals surface area contributed by atoms with Crippen LogP contribution in [0.4, 0.5) is 0 Å². The van der Waals surface area contributed by atoms with Gasteiger partial charge in [0.2, 0.25) is 0 Å². The van der Waals surface area contributed by atoms with Gasteiger partial charge in [0, 0.05) is 11.9 Å². The van der Waals surface area contributed by atoms with E-state index in [4.69, 9.17) is 12.2 Å². The van der Waals surface area contributed by atoms with E-state index in [-0.39, 0.29) is 5.91 Å². The lowest BCUT2D eigenvalue weighted by atomic mass is 10.2. The number of allylic oxidation sites excluding steroid dienone is 1. The van der Waals surface area contributed by atoms with E-state index < -0.39 is 0 Å². The Morgan fingerprint density at radius 2 is 2.36 bits per heavy atom.